The van der Waals surface area contributed by atoms with Crippen LogP contribution in [0.5, 0.6) is 0 Å². The van der Waals surface area contributed by atoms with Gasteiger partial charge < -0.3 is 15.5 Å². The van der Waals surface area contributed by atoms with E-state index in [2.05, 4.69) is 71.3 Å². The van der Waals surface area contributed by atoms with E-state index in [4.69, 9.17) is 0 Å². The van der Waals surface area contributed by atoms with Crippen LogP contribution in [0.1, 0.15) is 148 Å². The fourth-order valence-corrected chi connectivity index (χ4v) is 15.7. The zero-order chi connectivity index (χ0) is 36.4. The Morgan fingerprint density at radius 1 is 0.863 bits per heavy atom. The van der Waals surface area contributed by atoms with Gasteiger partial charge in [-0.25, -0.2) is 4.79 Å². The summed E-state index contributed by atoms with van der Waals surface area (Å²) in [7, 11) is 0. The van der Waals surface area contributed by atoms with E-state index >= 15 is 0 Å². The zero-order valence-electron chi connectivity index (χ0n) is 33.0. The van der Waals surface area contributed by atoms with Crippen LogP contribution in [-0.4, -0.2) is 57.4 Å². The molecule has 1 aromatic rings. The summed E-state index contributed by atoms with van der Waals surface area (Å²) in [4.78, 5) is 14.3. The Balaban J connectivity index is 1.05. The second-order valence-electron chi connectivity index (χ2n) is 20.7. The van der Waals surface area contributed by atoms with Gasteiger partial charge in [0.2, 0.25) is 0 Å². The summed E-state index contributed by atoms with van der Waals surface area (Å²) in [6, 6.07) is 8.75. The average Bonchev–Trinajstić information content (AvgIpc) is 3.56. The Bertz CT molecular complexity index is 1580. The van der Waals surface area contributed by atoms with Crippen molar-refractivity contribution < 1.29 is 15.0 Å². The molecule has 12 atom stereocenters. The van der Waals surface area contributed by atoms with E-state index in [-0.39, 0.29) is 16.4 Å². The van der Waals surface area contributed by atoms with Crippen molar-refractivity contribution in [2.24, 2.45) is 51.2 Å². The molecule has 8 rings (SSSR count). The highest BCUT2D eigenvalue weighted by atomic mass is 16.4. The molecule has 51 heavy (non-hydrogen) atoms. The van der Waals surface area contributed by atoms with Crippen molar-refractivity contribution >= 4 is 11.5 Å². The molecule has 0 amide bonds. The molecule has 4 saturated carbocycles. The monoisotopic (exact) mass is 697 g/mol. The van der Waals surface area contributed by atoms with Gasteiger partial charge in [0.1, 0.15) is 0 Å². The van der Waals surface area contributed by atoms with Gasteiger partial charge in [0.25, 0.3) is 0 Å². The van der Waals surface area contributed by atoms with Gasteiger partial charge in [-0.2, -0.15) is 0 Å². The van der Waals surface area contributed by atoms with Crippen LogP contribution in [0.4, 0.5) is 0 Å². The van der Waals surface area contributed by atoms with Crippen molar-refractivity contribution in [2.45, 2.75) is 155 Å². The SMILES string of the molecule is C=C(C)[C@@H]1CC[C@]2(NCCN3[C@@H]4CC[C@H]3C[C@](C)(O)C4)CC[C@]3(C)[C@H](CC[C@@H]4[C@@]5(C)CC=C(c6ccc(C(=O)O)cc6)C(C)(C)[C@@H]5CC[C@]43C)[C@@H]12. The molecule has 0 aromatic heterocycles. The summed E-state index contributed by atoms with van der Waals surface area (Å²) in [6.07, 6.45) is 18.5. The lowest BCUT2D eigenvalue weighted by Gasteiger charge is -2.72. The highest BCUT2D eigenvalue weighted by Crippen LogP contribution is 2.76. The molecule has 0 radical (unpaired) electrons. The van der Waals surface area contributed by atoms with Crippen LogP contribution in [0.25, 0.3) is 5.57 Å². The van der Waals surface area contributed by atoms with Gasteiger partial charge in [0.15, 0.2) is 0 Å². The third-order valence-electron chi connectivity index (χ3n) is 18.1. The highest BCUT2D eigenvalue weighted by molar-refractivity contribution is 5.88. The third kappa shape index (κ3) is 5.27. The number of aromatic carboxylic acids is 1. The topological polar surface area (TPSA) is 72.8 Å². The minimum Gasteiger partial charge on any atom is -0.478 e. The van der Waals surface area contributed by atoms with Gasteiger partial charge in [-0.15, -0.1) is 0 Å². The Morgan fingerprint density at radius 2 is 1.55 bits per heavy atom. The van der Waals surface area contributed by atoms with Crippen LogP contribution in [0.2, 0.25) is 0 Å². The number of carbonyl (C=O) groups is 1. The van der Waals surface area contributed by atoms with Crippen LogP contribution in [0.3, 0.4) is 0 Å². The number of piperidine rings is 1. The molecule has 5 aliphatic carbocycles. The minimum absolute atomic E-state index is 0.0304. The molecule has 1 aromatic carbocycles. The fraction of sp³-hybridized carbons (Fsp3) is 0.761. The van der Waals surface area contributed by atoms with Gasteiger partial charge in [-0.05, 0) is 172 Å². The number of carboxylic acids is 1. The molecule has 0 unspecified atom stereocenters. The maximum absolute atomic E-state index is 11.6. The molecule has 7 aliphatic rings. The molecule has 0 spiro atoms. The Morgan fingerprint density at radius 3 is 2.20 bits per heavy atom. The van der Waals surface area contributed by atoms with E-state index in [0.29, 0.717) is 52.1 Å². The number of nitrogens with zero attached hydrogens (tertiary/aromatic N) is 1. The quantitative estimate of drug-likeness (QED) is 0.248. The number of carboxylic acid groups (broad SMARTS) is 1. The molecule has 2 bridgehead atoms. The van der Waals surface area contributed by atoms with Gasteiger partial charge in [0.05, 0.1) is 11.2 Å². The van der Waals surface area contributed by atoms with Crippen molar-refractivity contribution in [1.82, 2.24) is 10.2 Å². The summed E-state index contributed by atoms with van der Waals surface area (Å²) in [6.45, 7) is 24.3. The average molecular weight is 697 g/mol. The predicted molar refractivity (Wildman–Crippen MR) is 207 cm³/mol. The largest absolute Gasteiger partial charge is 0.478 e. The lowest BCUT2D eigenvalue weighted by Crippen LogP contribution is -2.68. The first-order valence-electron chi connectivity index (χ1n) is 20.9. The molecule has 2 saturated heterocycles. The first kappa shape index (κ1) is 36.0. The number of hydrogen-bond acceptors (Lipinski definition) is 4. The van der Waals surface area contributed by atoms with Crippen molar-refractivity contribution in [2.75, 3.05) is 13.1 Å². The number of benzene rings is 1. The van der Waals surface area contributed by atoms with Crippen LogP contribution >= 0.6 is 0 Å². The number of nitrogens with one attached hydrogen (secondary N) is 1. The third-order valence-corrected chi connectivity index (χ3v) is 18.1. The van der Waals surface area contributed by atoms with Crippen molar-refractivity contribution in [1.29, 1.82) is 0 Å². The minimum atomic E-state index is -0.857. The van der Waals surface area contributed by atoms with Gasteiger partial charge in [-0.1, -0.05) is 65.0 Å². The van der Waals surface area contributed by atoms with E-state index in [1.165, 1.54) is 80.9 Å². The summed E-state index contributed by atoms with van der Waals surface area (Å²) in [5.41, 5.74) is 5.03. The van der Waals surface area contributed by atoms with Gasteiger partial charge >= 0.3 is 5.97 Å². The standard InChI is InChI=1S/C46H68N2O3/c1-29(2)34-17-22-46(47-25-26-48-32-13-14-33(48)28-42(5,51)27-32)24-23-44(7)36(39(34)46)15-16-38-43(6)20-18-35(30-9-11-31(12-10-30)40(49)50)41(3,4)37(43)19-21-45(38,44)8/h9-12,18,32-34,36-39,47,51H,1,13-17,19-28H2,2-8H3,(H,49,50)/t32-,33+,34-,36+,37-,38+,39+,42-,43-,44+,45+,46-/m0/s1. The van der Waals surface area contributed by atoms with E-state index in [1.54, 1.807) is 12.1 Å². The van der Waals surface area contributed by atoms with Crippen LogP contribution in [-0.2, 0) is 0 Å². The van der Waals surface area contributed by atoms with E-state index < -0.39 is 11.6 Å². The number of aliphatic hydroxyl groups is 1. The lowest BCUT2D eigenvalue weighted by atomic mass is 9.33. The second kappa shape index (κ2) is 12.0. The number of rotatable bonds is 7. The fourth-order valence-electron chi connectivity index (χ4n) is 15.7. The Hall–Kier alpha value is -1.95. The smallest absolute Gasteiger partial charge is 0.335 e. The maximum atomic E-state index is 11.6. The number of fused-ring (bicyclic) bond motifs is 9. The zero-order valence-corrected chi connectivity index (χ0v) is 33.0. The Labute approximate surface area is 309 Å². The molecular weight excluding hydrogens is 629 g/mol. The van der Waals surface area contributed by atoms with E-state index in [1.807, 2.05) is 12.1 Å². The normalized spacial score (nSPS) is 47.1. The first-order valence-corrected chi connectivity index (χ1v) is 20.9. The van der Waals surface area contributed by atoms with E-state index in [9.17, 15) is 15.0 Å². The molecule has 5 heteroatoms. The molecular formula is C46H68N2O3. The van der Waals surface area contributed by atoms with Gasteiger partial charge in [-0.3, -0.25) is 4.90 Å². The number of hydrogen-bond donors (Lipinski definition) is 3. The highest BCUT2D eigenvalue weighted by Gasteiger charge is 2.70. The predicted octanol–water partition coefficient (Wildman–Crippen LogP) is 9.76. The molecule has 6 fully saturated rings. The molecule has 2 heterocycles. The maximum Gasteiger partial charge on any atom is 0.335 e. The molecule has 2 aliphatic heterocycles. The second-order valence-corrected chi connectivity index (χ2v) is 20.7. The summed E-state index contributed by atoms with van der Waals surface area (Å²) >= 11 is 0. The molecule has 3 N–H and O–H groups in total. The summed E-state index contributed by atoms with van der Waals surface area (Å²) in [5, 5.41) is 24.7. The van der Waals surface area contributed by atoms with Crippen LogP contribution < -0.4 is 5.32 Å². The van der Waals surface area contributed by atoms with Crippen molar-refractivity contribution in [3.05, 3.63) is 53.6 Å². The van der Waals surface area contributed by atoms with Crippen molar-refractivity contribution in [3.63, 3.8) is 0 Å². The Kier molecular flexibility index (Phi) is 8.50. The van der Waals surface area contributed by atoms with Gasteiger partial charge in [0, 0.05) is 30.7 Å². The van der Waals surface area contributed by atoms with Crippen molar-refractivity contribution in [3.8, 4) is 0 Å². The number of allylic oxidation sites excluding steroid dienone is 3. The first-order chi connectivity index (χ1) is 24.0. The van der Waals surface area contributed by atoms with E-state index in [0.717, 1.165) is 38.3 Å². The summed E-state index contributed by atoms with van der Waals surface area (Å²) < 4.78 is 0. The molecule has 280 valence electrons. The summed E-state index contributed by atoms with van der Waals surface area (Å²) in [5.74, 6) is 2.45. The van der Waals surface area contributed by atoms with Crippen LogP contribution in [0.15, 0.2) is 42.5 Å². The molecule has 5 nitrogen and oxygen atoms in total. The van der Waals surface area contributed by atoms with Crippen LogP contribution in [0, 0.1) is 51.2 Å². The lowest BCUT2D eigenvalue weighted by molar-refractivity contribution is -0.219.